The van der Waals surface area contributed by atoms with Gasteiger partial charge in [0.25, 0.3) is 0 Å². The largest absolute Gasteiger partial charge is 0.356 e. The normalized spacial score (nSPS) is 11.6. The molecule has 1 aromatic carbocycles. The molecule has 0 saturated heterocycles. The molecule has 1 N–H and O–H groups in total. The summed E-state index contributed by atoms with van der Waals surface area (Å²) in [5.74, 6) is -0.132. The Bertz CT molecular complexity index is 657. The first-order chi connectivity index (χ1) is 11.1. The third-order valence-electron chi connectivity index (χ3n) is 3.67. The van der Waals surface area contributed by atoms with Crippen molar-refractivity contribution in [3.8, 4) is 0 Å². The van der Waals surface area contributed by atoms with Gasteiger partial charge in [-0.2, -0.15) is 0 Å². The minimum Gasteiger partial charge on any atom is -0.356 e. The topological polar surface area (TPSA) is 69.7 Å². The second kappa shape index (κ2) is 9.03. The lowest BCUT2D eigenvalue weighted by atomic mass is 10.1. The van der Waals surface area contributed by atoms with Crippen molar-refractivity contribution >= 4 is 21.6 Å². The summed E-state index contributed by atoms with van der Waals surface area (Å²) in [5.41, 5.74) is 2.58. The van der Waals surface area contributed by atoms with Crippen molar-refractivity contribution < 1.29 is 13.2 Å². The van der Waals surface area contributed by atoms with Crippen LogP contribution < -0.4 is 9.62 Å². The van der Waals surface area contributed by atoms with Crippen LogP contribution in [0.3, 0.4) is 0 Å². The van der Waals surface area contributed by atoms with Crippen LogP contribution in [-0.4, -0.2) is 59.2 Å². The maximum atomic E-state index is 12.1. The zero-order chi connectivity index (χ0) is 18.3. The summed E-state index contributed by atoms with van der Waals surface area (Å²) in [6.45, 7) is 5.48. The van der Waals surface area contributed by atoms with Crippen molar-refractivity contribution in [1.82, 2.24) is 10.2 Å². The predicted molar refractivity (Wildman–Crippen MR) is 98.9 cm³/mol. The Morgan fingerprint density at radius 3 is 2.38 bits per heavy atom. The maximum absolute atomic E-state index is 12.1. The highest BCUT2D eigenvalue weighted by atomic mass is 32.2. The molecule has 0 aromatic heterocycles. The SMILES string of the molecule is Cc1ccc(N(CCC(=O)NCCCN(C)C)S(C)(=O)=O)c(C)c1. The number of anilines is 1. The average Bonchev–Trinajstić information content (AvgIpc) is 2.44. The molecule has 136 valence electrons. The Labute approximate surface area is 145 Å². The van der Waals surface area contributed by atoms with E-state index in [2.05, 4.69) is 10.2 Å². The molecule has 0 bridgehead atoms. The smallest absolute Gasteiger partial charge is 0.232 e. The molecule has 1 amide bonds. The van der Waals surface area contributed by atoms with Crippen molar-refractivity contribution in [1.29, 1.82) is 0 Å². The van der Waals surface area contributed by atoms with Crippen molar-refractivity contribution in [3.05, 3.63) is 29.3 Å². The summed E-state index contributed by atoms with van der Waals surface area (Å²) in [6.07, 6.45) is 2.18. The van der Waals surface area contributed by atoms with Crippen LogP contribution in [-0.2, 0) is 14.8 Å². The molecule has 0 heterocycles. The Balaban J connectivity index is 2.67. The van der Waals surface area contributed by atoms with E-state index >= 15 is 0 Å². The minimum absolute atomic E-state index is 0.132. The molecule has 0 fully saturated rings. The maximum Gasteiger partial charge on any atom is 0.232 e. The van der Waals surface area contributed by atoms with E-state index in [1.807, 2.05) is 40.1 Å². The molecule has 6 nitrogen and oxygen atoms in total. The van der Waals surface area contributed by atoms with Gasteiger partial charge in [-0.15, -0.1) is 0 Å². The van der Waals surface area contributed by atoms with E-state index in [0.717, 1.165) is 24.1 Å². The van der Waals surface area contributed by atoms with Gasteiger partial charge >= 0.3 is 0 Å². The second-order valence-electron chi connectivity index (χ2n) is 6.38. The Hall–Kier alpha value is -1.60. The van der Waals surface area contributed by atoms with E-state index in [0.29, 0.717) is 12.2 Å². The molecule has 0 atom stereocenters. The van der Waals surface area contributed by atoms with Gasteiger partial charge in [0.15, 0.2) is 0 Å². The van der Waals surface area contributed by atoms with Crippen molar-refractivity contribution in [2.24, 2.45) is 0 Å². The van der Waals surface area contributed by atoms with E-state index in [-0.39, 0.29) is 18.9 Å². The summed E-state index contributed by atoms with van der Waals surface area (Å²) < 4.78 is 25.5. The average molecular weight is 356 g/mol. The van der Waals surface area contributed by atoms with Crippen LogP contribution in [0, 0.1) is 13.8 Å². The number of hydrogen-bond donors (Lipinski definition) is 1. The standard InChI is InChI=1S/C17H29N3O3S/c1-14-7-8-16(15(2)13-14)20(24(5,22)23)12-9-17(21)18-10-6-11-19(3)4/h7-8,13H,6,9-12H2,1-5H3,(H,18,21). The first kappa shape index (κ1) is 20.4. The molecule has 0 aliphatic rings. The van der Waals surface area contributed by atoms with Crippen LogP contribution in [0.2, 0.25) is 0 Å². The summed E-state index contributed by atoms with van der Waals surface area (Å²) in [7, 11) is 0.525. The van der Waals surface area contributed by atoms with E-state index < -0.39 is 10.0 Å². The fraction of sp³-hybridized carbons (Fsp3) is 0.588. The van der Waals surface area contributed by atoms with Gasteiger partial charge in [0, 0.05) is 19.5 Å². The van der Waals surface area contributed by atoms with Gasteiger partial charge in [-0.1, -0.05) is 17.7 Å². The van der Waals surface area contributed by atoms with Crippen LogP contribution >= 0.6 is 0 Å². The molecular formula is C17H29N3O3S. The second-order valence-corrected chi connectivity index (χ2v) is 8.29. The Morgan fingerprint density at radius 1 is 1.17 bits per heavy atom. The first-order valence-electron chi connectivity index (χ1n) is 8.07. The van der Waals surface area contributed by atoms with Crippen LogP contribution in [0.4, 0.5) is 5.69 Å². The minimum atomic E-state index is -3.44. The van der Waals surface area contributed by atoms with Gasteiger partial charge in [-0.3, -0.25) is 9.10 Å². The quantitative estimate of drug-likeness (QED) is 0.682. The monoisotopic (exact) mass is 355 g/mol. The summed E-state index contributed by atoms with van der Waals surface area (Å²) in [6, 6.07) is 5.61. The number of carbonyl (C=O) groups excluding carboxylic acids is 1. The fourth-order valence-electron chi connectivity index (χ4n) is 2.46. The summed E-state index contributed by atoms with van der Waals surface area (Å²) in [5, 5.41) is 2.83. The lowest BCUT2D eigenvalue weighted by Crippen LogP contribution is -2.35. The lowest BCUT2D eigenvalue weighted by Gasteiger charge is -2.24. The molecule has 0 saturated carbocycles. The first-order valence-corrected chi connectivity index (χ1v) is 9.92. The van der Waals surface area contributed by atoms with Crippen LogP contribution in [0.25, 0.3) is 0 Å². The predicted octanol–water partition coefficient (Wildman–Crippen LogP) is 1.53. The Morgan fingerprint density at radius 2 is 1.83 bits per heavy atom. The summed E-state index contributed by atoms with van der Waals surface area (Å²) >= 11 is 0. The highest BCUT2D eigenvalue weighted by Crippen LogP contribution is 2.23. The number of nitrogens with zero attached hydrogens (tertiary/aromatic N) is 2. The van der Waals surface area contributed by atoms with Gasteiger partial charge in [0.1, 0.15) is 0 Å². The number of amides is 1. The molecule has 7 heteroatoms. The van der Waals surface area contributed by atoms with Crippen molar-refractivity contribution in [2.75, 3.05) is 44.3 Å². The van der Waals surface area contributed by atoms with E-state index in [1.54, 1.807) is 6.07 Å². The van der Waals surface area contributed by atoms with E-state index in [4.69, 9.17) is 0 Å². The van der Waals surface area contributed by atoms with E-state index in [1.165, 1.54) is 10.6 Å². The third kappa shape index (κ3) is 6.88. The van der Waals surface area contributed by atoms with Gasteiger partial charge in [-0.25, -0.2) is 8.42 Å². The van der Waals surface area contributed by atoms with Crippen LogP contribution in [0.1, 0.15) is 24.0 Å². The summed E-state index contributed by atoms with van der Waals surface area (Å²) in [4.78, 5) is 14.0. The highest BCUT2D eigenvalue weighted by Gasteiger charge is 2.20. The molecular weight excluding hydrogens is 326 g/mol. The number of hydrogen-bond acceptors (Lipinski definition) is 4. The molecule has 24 heavy (non-hydrogen) atoms. The van der Waals surface area contributed by atoms with Gasteiger partial charge < -0.3 is 10.2 Å². The number of nitrogens with one attached hydrogen (secondary N) is 1. The molecule has 0 unspecified atom stereocenters. The lowest BCUT2D eigenvalue weighted by molar-refractivity contribution is -0.120. The molecule has 0 aliphatic heterocycles. The number of aryl methyl sites for hydroxylation is 2. The molecule has 1 rings (SSSR count). The Kier molecular flexibility index (Phi) is 7.69. The zero-order valence-electron chi connectivity index (χ0n) is 15.3. The number of carbonyl (C=O) groups is 1. The van der Waals surface area contributed by atoms with Crippen LogP contribution in [0.15, 0.2) is 18.2 Å². The van der Waals surface area contributed by atoms with Crippen molar-refractivity contribution in [3.63, 3.8) is 0 Å². The van der Waals surface area contributed by atoms with Gasteiger partial charge in [0.05, 0.1) is 11.9 Å². The van der Waals surface area contributed by atoms with E-state index in [9.17, 15) is 13.2 Å². The molecule has 0 spiro atoms. The zero-order valence-corrected chi connectivity index (χ0v) is 16.1. The van der Waals surface area contributed by atoms with Crippen molar-refractivity contribution in [2.45, 2.75) is 26.7 Å². The highest BCUT2D eigenvalue weighted by molar-refractivity contribution is 7.92. The molecule has 1 aromatic rings. The molecule has 0 aliphatic carbocycles. The number of sulfonamides is 1. The number of rotatable bonds is 9. The van der Waals surface area contributed by atoms with Gasteiger partial charge in [0.2, 0.25) is 15.9 Å². The fourth-order valence-corrected chi connectivity index (χ4v) is 3.45. The number of benzene rings is 1. The third-order valence-corrected chi connectivity index (χ3v) is 4.85. The van der Waals surface area contributed by atoms with Gasteiger partial charge in [-0.05, 0) is 52.5 Å². The van der Waals surface area contributed by atoms with Crippen LogP contribution in [0.5, 0.6) is 0 Å². The molecule has 0 radical (unpaired) electrons.